The van der Waals surface area contributed by atoms with Crippen molar-refractivity contribution in [3.05, 3.63) is 51.4 Å². The molecule has 0 N–H and O–H groups in total. The fourth-order valence-corrected chi connectivity index (χ4v) is 4.04. The molecule has 6 heteroatoms. The van der Waals surface area contributed by atoms with Crippen LogP contribution in [0.1, 0.15) is 22.9 Å². The Morgan fingerprint density at radius 2 is 2.14 bits per heavy atom. The number of carbonyl (C=O) groups excluding carboxylic acids is 1. The van der Waals surface area contributed by atoms with Crippen molar-refractivity contribution in [3.63, 3.8) is 0 Å². The summed E-state index contributed by atoms with van der Waals surface area (Å²) in [7, 11) is 0. The predicted molar refractivity (Wildman–Crippen MR) is 94.3 cm³/mol. The maximum atomic E-state index is 11.7. The van der Waals surface area contributed by atoms with Gasteiger partial charge in [0.05, 0.1) is 12.3 Å². The minimum atomic E-state index is -0.471. The summed E-state index contributed by atoms with van der Waals surface area (Å²) in [4.78, 5) is 19.2. The van der Waals surface area contributed by atoms with E-state index in [2.05, 4.69) is 18.0 Å². The van der Waals surface area contributed by atoms with E-state index in [1.165, 1.54) is 4.88 Å². The second-order valence-corrected chi connectivity index (χ2v) is 6.75. The number of rotatable bonds is 2. The molecule has 3 nitrogen and oxygen atoms in total. The van der Waals surface area contributed by atoms with E-state index in [-0.39, 0.29) is 0 Å². The summed E-state index contributed by atoms with van der Waals surface area (Å²) < 4.78 is 0. The molecule has 114 valence electrons. The molecule has 0 atom stereocenters. The number of thiophene rings is 1. The zero-order valence-electron chi connectivity index (χ0n) is 12.0. The fourth-order valence-electron chi connectivity index (χ4n) is 2.48. The van der Waals surface area contributed by atoms with E-state index < -0.39 is 5.37 Å². The summed E-state index contributed by atoms with van der Waals surface area (Å²) in [6, 6.07) is 9.71. The van der Waals surface area contributed by atoms with Crippen molar-refractivity contribution < 1.29 is 4.79 Å². The Bertz CT molecular complexity index is 754. The molecule has 0 unspecified atom stereocenters. The zero-order chi connectivity index (χ0) is 15.7. The summed E-state index contributed by atoms with van der Waals surface area (Å²) in [6.45, 7) is 3.07. The van der Waals surface area contributed by atoms with Crippen LogP contribution in [0.3, 0.4) is 0 Å². The third kappa shape index (κ3) is 2.78. The molecule has 0 radical (unpaired) electrons. The van der Waals surface area contributed by atoms with Crippen LogP contribution in [0.2, 0.25) is 5.02 Å². The van der Waals surface area contributed by atoms with Gasteiger partial charge in [-0.05, 0) is 30.2 Å². The SMILES string of the molecule is CCc1cc2c(s1)N(C(=O)Cl)CCN=C2c1ccccc1Cl. The molecule has 22 heavy (non-hydrogen) atoms. The Kier molecular flexibility index (Phi) is 4.52. The van der Waals surface area contributed by atoms with Crippen molar-refractivity contribution in [3.8, 4) is 0 Å². The van der Waals surface area contributed by atoms with E-state index >= 15 is 0 Å². The molecule has 0 saturated heterocycles. The molecule has 3 rings (SSSR count). The molecular weight excluding hydrogens is 339 g/mol. The van der Waals surface area contributed by atoms with Gasteiger partial charge in [-0.3, -0.25) is 14.7 Å². The first kappa shape index (κ1) is 15.5. The van der Waals surface area contributed by atoms with Crippen LogP contribution in [-0.4, -0.2) is 24.2 Å². The Hall–Kier alpha value is -1.36. The highest BCUT2D eigenvalue weighted by Crippen LogP contribution is 2.37. The highest BCUT2D eigenvalue weighted by molar-refractivity contribution is 7.17. The number of aliphatic imine (C=N–C) groups is 1. The van der Waals surface area contributed by atoms with Gasteiger partial charge >= 0.3 is 5.37 Å². The van der Waals surface area contributed by atoms with Gasteiger partial charge in [0.2, 0.25) is 0 Å². The average Bonchev–Trinajstić information content (AvgIpc) is 2.84. The number of benzene rings is 1. The van der Waals surface area contributed by atoms with E-state index in [0.717, 1.165) is 28.3 Å². The molecule has 1 aromatic carbocycles. The van der Waals surface area contributed by atoms with Crippen molar-refractivity contribution in [2.45, 2.75) is 13.3 Å². The molecule has 0 spiro atoms. The van der Waals surface area contributed by atoms with Crippen LogP contribution in [0.25, 0.3) is 0 Å². The van der Waals surface area contributed by atoms with Crippen molar-refractivity contribution in [1.82, 2.24) is 0 Å². The van der Waals surface area contributed by atoms with Crippen molar-refractivity contribution >= 4 is 50.6 Å². The first-order valence-corrected chi connectivity index (χ1v) is 8.58. The molecule has 0 saturated carbocycles. The van der Waals surface area contributed by atoms with Gasteiger partial charge in [-0.15, -0.1) is 11.3 Å². The number of carbonyl (C=O) groups is 1. The molecule has 1 amide bonds. The molecule has 1 aliphatic heterocycles. The number of nitrogens with zero attached hydrogens (tertiary/aromatic N) is 2. The van der Waals surface area contributed by atoms with E-state index in [0.29, 0.717) is 18.1 Å². The van der Waals surface area contributed by atoms with Gasteiger partial charge in [-0.1, -0.05) is 36.7 Å². The normalized spacial score (nSPS) is 14.3. The third-order valence-corrected chi connectivity index (χ3v) is 5.38. The van der Waals surface area contributed by atoms with Crippen LogP contribution >= 0.6 is 34.5 Å². The zero-order valence-corrected chi connectivity index (χ0v) is 14.3. The van der Waals surface area contributed by atoms with Crippen LogP contribution in [-0.2, 0) is 6.42 Å². The van der Waals surface area contributed by atoms with E-state index in [1.807, 2.05) is 24.3 Å². The van der Waals surface area contributed by atoms with Crippen molar-refractivity contribution in [2.24, 2.45) is 4.99 Å². The Morgan fingerprint density at radius 1 is 1.36 bits per heavy atom. The summed E-state index contributed by atoms with van der Waals surface area (Å²) in [6.07, 6.45) is 0.901. The van der Waals surface area contributed by atoms with Crippen LogP contribution in [0.5, 0.6) is 0 Å². The van der Waals surface area contributed by atoms with Gasteiger partial charge in [0.25, 0.3) is 0 Å². The van der Waals surface area contributed by atoms with E-state index in [4.69, 9.17) is 23.2 Å². The largest absolute Gasteiger partial charge is 0.321 e. The summed E-state index contributed by atoms with van der Waals surface area (Å²) in [5.41, 5.74) is 2.65. The molecule has 2 heterocycles. The molecule has 2 aromatic rings. The monoisotopic (exact) mass is 352 g/mol. The van der Waals surface area contributed by atoms with Crippen molar-refractivity contribution in [2.75, 3.05) is 18.0 Å². The van der Waals surface area contributed by atoms with Gasteiger partial charge < -0.3 is 0 Å². The van der Waals surface area contributed by atoms with Crippen LogP contribution < -0.4 is 4.90 Å². The quantitative estimate of drug-likeness (QED) is 0.554. The minimum absolute atomic E-state index is 0.471. The third-order valence-electron chi connectivity index (χ3n) is 3.55. The fraction of sp³-hybridized carbons (Fsp3) is 0.250. The summed E-state index contributed by atoms with van der Waals surface area (Å²) in [5, 5.41) is 1.04. The second kappa shape index (κ2) is 6.41. The van der Waals surface area contributed by atoms with E-state index in [9.17, 15) is 4.79 Å². The number of anilines is 1. The molecule has 0 aliphatic carbocycles. The number of hydrogen-bond donors (Lipinski definition) is 0. The second-order valence-electron chi connectivity index (χ2n) is 4.90. The average molecular weight is 353 g/mol. The molecule has 1 aliphatic rings. The number of fused-ring (bicyclic) bond motifs is 1. The van der Waals surface area contributed by atoms with Gasteiger partial charge in [0.15, 0.2) is 0 Å². The lowest BCUT2D eigenvalue weighted by atomic mass is 10.0. The van der Waals surface area contributed by atoms with Crippen LogP contribution in [0.4, 0.5) is 9.80 Å². The van der Waals surface area contributed by atoms with Crippen LogP contribution in [0.15, 0.2) is 35.3 Å². The van der Waals surface area contributed by atoms with E-state index in [1.54, 1.807) is 16.2 Å². The first-order chi connectivity index (χ1) is 10.6. The lowest BCUT2D eigenvalue weighted by Gasteiger charge is -2.16. The maximum absolute atomic E-state index is 11.7. The number of aryl methyl sites for hydroxylation is 1. The standard InChI is InChI=1S/C16H14Cl2N2OS/c1-2-10-9-12-14(11-5-3-4-6-13(11)17)19-7-8-20(16(18)21)15(12)22-10/h3-6,9H,2,7-8H2,1H3. The lowest BCUT2D eigenvalue weighted by molar-refractivity contribution is 0.264. The smallest absolute Gasteiger partial charge is 0.288 e. The highest BCUT2D eigenvalue weighted by atomic mass is 35.5. The Balaban J connectivity index is 2.18. The minimum Gasteiger partial charge on any atom is -0.288 e. The molecular formula is C16H14Cl2N2OS. The molecule has 1 aromatic heterocycles. The first-order valence-electron chi connectivity index (χ1n) is 7.01. The Labute approximate surface area is 143 Å². The van der Waals surface area contributed by atoms with Gasteiger partial charge in [0, 0.05) is 27.6 Å². The van der Waals surface area contributed by atoms with Gasteiger partial charge in [-0.2, -0.15) is 0 Å². The topological polar surface area (TPSA) is 32.7 Å². The van der Waals surface area contributed by atoms with Crippen LogP contribution in [0, 0.1) is 0 Å². The highest BCUT2D eigenvalue weighted by Gasteiger charge is 2.26. The predicted octanol–water partition coefficient (Wildman–Crippen LogP) is 4.98. The Morgan fingerprint density at radius 3 is 2.82 bits per heavy atom. The van der Waals surface area contributed by atoms with Gasteiger partial charge in [-0.25, -0.2) is 0 Å². The lowest BCUT2D eigenvalue weighted by Crippen LogP contribution is -2.27. The molecule has 0 fully saturated rings. The summed E-state index contributed by atoms with van der Waals surface area (Å²) in [5.74, 6) is 0. The summed E-state index contributed by atoms with van der Waals surface area (Å²) >= 11 is 13.7. The van der Waals surface area contributed by atoms with Crippen molar-refractivity contribution in [1.29, 1.82) is 0 Å². The molecule has 0 bridgehead atoms. The van der Waals surface area contributed by atoms with Gasteiger partial charge in [0.1, 0.15) is 5.00 Å². The maximum Gasteiger partial charge on any atom is 0.321 e. The number of hydrogen-bond acceptors (Lipinski definition) is 3. The number of halogens is 2. The number of amides is 1.